The van der Waals surface area contributed by atoms with Gasteiger partial charge >= 0.3 is 11.9 Å². The molecule has 8 heteroatoms. The summed E-state index contributed by atoms with van der Waals surface area (Å²) < 4.78 is 11.3. The lowest BCUT2D eigenvalue weighted by molar-refractivity contribution is -0.0632. The molecule has 0 radical (unpaired) electrons. The van der Waals surface area contributed by atoms with Crippen LogP contribution >= 0.6 is 0 Å². The molecule has 0 amide bonds. The number of esters is 2. The predicted molar refractivity (Wildman–Crippen MR) is 103 cm³/mol. The number of carbonyl (C=O) groups excluding carboxylic acids is 2. The highest BCUT2D eigenvalue weighted by Crippen LogP contribution is 2.21. The molecule has 1 aromatic rings. The molecule has 2 unspecified atom stereocenters. The number of ether oxygens (including phenoxy) is 2. The quantitative estimate of drug-likeness (QED) is 0.689. The van der Waals surface area contributed by atoms with Crippen molar-refractivity contribution >= 4 is 11.9 Å². The van der Waals surface area contributed by atoms with Gasteiger partial charge in [0.15, 0.2) is 0 Å². The van der Waals surface area contributed by atoms with E-state index in [1.54, 1.807) is 34.1 Å². The minimum atomic E-state index is -0.572. The van der Waals surface area contributed by atoms with Gasteiger partial charge < -0.3 is 29.1 Å². The van der Waals surface area contributed by atoms with Gasteiger partial charge in [-0.15, -0.1) is 0 Å². The summed E-state index contributed by atoms with van der Waals surface area (Å²) in [6.45, 7) is 5.33. The molecule has 1 aromatic carbocycles. The smallest absolute Gasteiger partial charge is 0.342 e. The monoisotopic (exact) mass is 386 g/mol. The summed E-state index contributed by atoms with van der Waals surface area (Å²) in [5.74, 6) is -1.14. The van der Waals surface area contributed by atoms with Crippen molar-refractivity contribution in [1.29, 1.82) is 0 Å². The van der Waals surface area contributed by atoms with Gasteiger partial charge in [0, 0.05) is 52.0 Å². The van der Waals surface area contributed by atoms with Crippen LogP contribution in [0, 0.1) is 0 Å². The highest BCUT2D eigenvalue weighted by atomic mass is 16.6. The van der Waals surface area contributed by atoms with E-state index in [0.29, 0.717) is 13.1 Å². The van der Waals surface area contributed by atoms with Crippen LogP contribution in [0.25, 0.3) is 0 Å². The molecule has 0 saturated carbocycles. The molecular weight excluding hydrogens is 360 g/mol. The Hall–Kier alpha value is -3.16. The van der Waals surface area contributed by atoms with Crippen molar-refractivity contribution in [1.82, 2.24) is 19.6 Å². The minimum Gasteiger partial charge on any atom is -0.419 e. The number of benzene rings is 1. The van der Waals surface area contributed by atoms with Gasteiger partial charge in [0.25, 0.3) is 12.7 Å². The van der Waals surface area contributed by atoms with Crippen molar-refractivity contribution < 1.29 is 19.1 Å². The minimum absolute atomic E-state index is 0.181. The van der Waals surface area contributed by atoms with Gasteiger partial charge in [0.2, 0.25) is 0 Å². The number of hydrogen-bond acceptors (Lipinski definition) is 8. The molecule has 0 saturated heterocycles. The van der Waals surface area contributed by atoms with Crippen LogP contribution in [0.4, 0.5) is 0 Å². The summed E-state index contributed by atoms with van der Waals surface area (Å²) in [4.78, 5) is 33.0. The summed E-state index contributed by atoms with van der Waals surface area (Å²) >= 11 is 0. The Morgan fingerprint density at radius 2 is 1.18 bits per heavy atom. The number of rotatable bonds is 6. The molecule has 0 N–H and O–H groups in total. The number of carbonyl (C=O) groups is 2. The van der Waals surface area contributed by atoms with Crippen molar-refractivity contribution in [2.75, 3.05) is 27.2 Å². The first-order chi connectivity index (χ1) is 13.5. The van der Waals surface area contributed by atoms with Crippen LogP contribution in [0.2, 0.25) is 0 Å². The Morgan fingerprint density at radius 3 is 1.54 bits per heavy atom. The van der Waals surface area contributed by atoms with E-state index < -0.39 is 24.6 Å². The van der Waals surface area contributed by atoms with Crippen molar-refractivity contribution in [3.8, 4) is 0 Å². The first kappa shape index (κ1) is 19.6. The average Bonchev–Trinajstić information content (AvgIpc) is 3.24. The maximum absolute atomic E-state index is 12.8. The third-order valence-electron chi connectivity index (χ3n) is 4.77. The van der Waals surface area contributed by atoms with Gasteiger partial charge in [-0.3, -0.25) is 0 Å². The van der Waals surface area contributed by atoms with Crippen molar-refractivity contribution in [3.05, 3.63) is 60.2 Å². The van der Waals surface area contributed by atoms with Crippen LogP contribution in [0.5, 0.6) is 0 Å². The van der Waals surface area contributed by atoms with Gasteiger partial charge in [-0.2, -0.15) is 0 Å². The van der Waals surface area contributed by atoms with Crippen LogP contribution in [0.15, 0.2) is 49.1 Å². The van der Waals surface area contributed by atoms with E-state index in [1.807, 2.05) is 62.5 Å². The summed E-state index contributed by atoms with van der Waals surface area (Å²) in [5.41, 5.74) is 0.362. The standard InChI is InChI=1S/C20H26N4O4/c1-5-23-13-11-21(3)19(23)27-17(25)15-9-7-8-10-16(15)18(26)28-20-22(4)12-14-24(20)6-2/h7-14,19-20H,5-6H2,1-4H3. The largest absolute Gasteiger partial charge is 0.419 e. The zero-order chi connectivity index (χ0) is 20.3. The Kier molecular flexibility index (Phi) is 5.77. The van der Waals surface area contributed by atoms with Gasteiger partial charge in [0.05, 0.1) is 11.1 Å². The Labute approximate surface area is 165 Å². The lowest BCUT2D eigenvalue weighted by atomic mass is 10.1. The fourth-order valence-electron chi connectivity index (χ4n) is 3.13. The van der Waals surface area contributed by atoms with E-state index in [9.17, 15) is 9.59 Å². The van der Waals surface area contributed by atoms with E-state index in [4.69, 9.17) is 9.47 Å². The van der Waals surface area contributed by atoms with Crippen molar-refractivity contribution in [2.45, 2.75) is 26.6 Å². The normalized spacial score (nSPS) is 20.9. The number of hydrogen-bond donors (Lipinski definition) is 0. The van der Waals surface area contributed by atoms with Crippen LogP contribution < -0.4 is 0 Å². The van der Waals surface area contributed by atoms with E-state index in [-0.39, 0.29) is 11.1 Å². The summed E-state index contributed by atoms with van der Waals surface area (Å²) in [7, 11) is 3.65. The van der Waals surface area contributed by atoms with Crippen LogP contribution in [-0.2, 0) is 9.47 Å². The van der Waals surface area contributed by atoms with E-state index >= 15 is 0 Å². The summed E-state index contributed by atoms with van der Waals surface area (Å²) in [6, 6.07) is 6.55. The lowest BCUT2D eigenvalue weighted by Crippen LogP contribution is -2.41. The molecule has 0 fully saturated rings. The maximum atomic E-state index is 12.8. The molecule has 8 nitrogen and oxygen atoms in total. The third kappa shape index (κ3) is 3.76. The molecule has 2 atom stereocenters. The zero-order valence-electron chi connectivity index (χ0n) is 16.6. The second kappa shape index (κ2) is 8.24. The second-order valence-electron chi connectivity index (χ2n) is 6.60. The molecule has 3 rings (SSSR count). The molecule has 0 spiro atoms. The van der Waals surface area contributed by atoms with E-state index in [1.165, 1.54) is 0 Å². The second-order valence-corrected chi connectivity index (χ2v) is 6.60. The lowest BCUT2D eigenvalue weighted by Gasteiger charge is -2.29. The van der Waals surface area contributed by atoms with Crippen LogP contribution in [-0.4, -0.2) is 71.4 Å². The zero-order valence-corrected chi connectivity index (χ0v) is 16.6. The molecule has 28 heavy (non-hydrogen) atoms. The molecule has 0 aromatic heterocycles. The molecule has 2 heterocycles. The Bertz CT molecular complexity index is 729. The molecule has 2 aliphatic rings. The Morgan fingerprint density at radius 1 is 0.786 bits per heavy atom. The van der Waals surface area contributed by atoms with Crippen LogP contribution in [0.1, 0.15) is 34.6 Å². The summed E-state index contributed by atoms with van der Waals surface area (Å²) in [5, 5.41) is 0. The molecule has 150 valence electrons. The van der Waals surface area contributed by atoms with Gasteiger partial charge in [-0.05, 0) is 26.0 Å². The fourth-order valence-corrected chi connectivity index (χ4v) is 3.13. The molecule has 0 aliphatic carbocycles. The summed E-state index contributed by atoms with van der Waals surface area (Å²) in [6.07, 6.45) is 6.32. The Balaban J connectivity index is 1.75. The maximum Gasteiger partial charge on any atom is 0.342 e. The first-order valence-electron chi connectivity index (χ1n) is 9.29. The van der Waals surface area contributed by atoms with Crippen LogP contribution in [0.3, 0.4) is 0 Å². The van der Waals surface area contributed by atoms with E-state index in [0.717, 1.165) is 0 Å². The number of nitrogens with zero attached hydrogens (tertiary/aromatic N) is 4. The molecular formula is C20H26N4O4. The van der Waals surface area contributed by atoms with Gasteiger partial charge in [-0.25, -0.2) is 9.59 Å². The third-order valence-corrected chi connectivity index (χ3v) is 4.77. The predicted octanol–water partition coefficient (Wildman–Crippen LogP) is 2.04. The first-order valence-corrected chi connectivity index (χ1v) is 9.29. The van der Waals surface area contributed by atoms with Crippen molar-refractivity contribution in [3.63, 3.8) is 0 Å². The van der Waals surface area contributed by atoms with E-state index in [2.05, 4.69) is 0 Å². The highest BCUT2D eigenvalue weighted by Gasteiger charge is 2.31. The molecule has 0 bridgehead atoms. The van der Waals surface area contributed by atoms with Crippen molar-refractivity contribution in [2.24, 2.45) is 0 Å². The van der Waals surface area contributed by atoms with Gasteiger partial charge in [0.1, 0.15) is 0 Å². The SMILES string of the molecule is CCN1C=CN(C)C1OC(=O)c1ccccc1C(=O)OC1N(C)C=CN1CC. The topological polar surface area (TPSA) is 65.6 Å². The highest BCUT2D eigenvalue weighted by molar-refractivity contribution is 6.03. The van der Waals surface area contributed by atoms with Gasteiger partial charge in [-0.1, -0.05) is 12.1 Å². The average molecular weight is 386 g/mol. The fraction of sp³-hybridized carbons (Fsp3) is 0.400. The molecule has 2 aliphatic heterocycles.